The number of aromatic nitrogens is 6. The molecule has 0 spiro atoms. The van der Waals surface area contributed by atoms with Crippen molar-refractivity contribution >= 4 is 17.7 Å². The Kier molecular flexibility index (Phi) is 3.46. The monoisotopic (exact) mass is 275 g/mol. The van der Waals surface area contributed by atoms with Crippen LogP contribution in [0, 0.1) is 0 Å². The van der Waals surface area contributed by atoms with Gasteiger partial charge >= 0.3 is 0 Å². The Morgan fingerprint density at radius 2 is 2.15 bits per heavy atom. The minimum atomic E-state index is -0.420. The summed E-state index contributed by atoms with van der Waals surface area (Å²) in [7, 11) is 0. The first-order chi connectivity index (χ1) is 9.83. The summed E-state index contributed by atoms with van der Waals surface area (Å²) in [6.07, 6.45) is 3.05. The fourth-order valence-electron chi connectivity index (χ4n) is 1.89. The smallest absolute Gasteiger partial charge is 0.278 e. The van der Waals surface area contributed by atoms with Gasteiger partial charge in [-0.2, -0.15) is 5.21 Å². The zero-order valence-corrected chi connectivity index (χ0v) is 10.6. The molecule has 0 atom stereocenters. The number of nitrogens with one attached hydrogen (secondary N) is 3. The fraction of sp³-hybridized carbons (Fsp3) is 0.400. The Labute approximate surface area is 114 Å². The third-order valence-electron chi connectivity index (χ3n) is 2.87. The van der Waals surface area contributed by atoms with Gasteiger partial charge in [-0.15, -0.1) is 5.10 Å². The minimum absolute atomic E-state index is 0.101. The summed E-state index contributed by atoms with van der Waals surface area (Å²) >= 11 is 0. The van der Waals surface area contributed by atoms with E-state index in [0.29, 0.717) is 5.82 Å². The van der Waals surface area contributed by atoms with Crippen molar-refractivity contribution in [2.24, 2.45) is 0 Å². The van der Waals surface area contributed by atoms with E-state index in [2.05, 4.69) is 46.1 Å². The number of carbonyl (C=O) groups is 1. The van der Waals surface area contributed by atoms with Crippen LogP contribution in [0.3, 0.4) is 0 Å². The third-order valence-corrected chi connectivity index (χ3v) is 2.87. The number of nitrogens with zero attached hydrogens (tertiary/aromatic N) is 6. The molecular weight excluding hydrogens is 262 g/mol. The van der Waals surface area contributed by atoms with Crippen molar-refractivity contribution in [3.63, 3.8) is 0 Å². The van der Waals surface area contributed by atoms with Gasteiger partial charge in [0.2, 0.25) is 0 Å². The molecule has 0 aliphatic carbocycles. The van der Waals surface area contributed by atoms with Crippen LogP contribution in [0.4, 0.5) is 11.8 Å². The van der Waals surface area contributed by atoms with E-state index in [-0.39, 0.29) is 11.6 Å². The lowest BCUT2D eigenvalue weighted by atomic mass is 10.3. The van der Waals surface area contributed by atoms with Gasteiger partial charge in [-0.25, -0.2) is 4.98 Å². The quantitative estimate of drug-likeness (QED) is 0.628. The molecule has 2 aromatic heterocycles. The van der Waals surface area contributed by atoms with Crippen LogP contribution < -0.4 is 15.5 Å². The molecule has 20 heavy (non-hydrogen) atoms. The molecule has 1 fully saturated rings. The molecule has 0 unspecified atom stereocenters. The van der Waals surface area contributed by atoms with Crippen molar-refractivity contribution in [2.75, 3.05) is 36.4 Å². The molecule has 0 bridgehead atoms. The molecule has 1 amide bonds. The van der Waals surface area contributed by atoms with Crippen molar-refractivity contribution in [3.8, 4) is 0 Å². The lowest BCUT2D eigenvalue weighted by Gasteiger charge is -2.28. The predicted octanol–water partition coefficient (Wildman–Crippen LogP) is -1.35. The molecule has 0 saturated carbocycles. The summed E-state index contributed by atoms with van der Waals surface area (Å²) in [6, 6.07) is 0. The van der Waals surface area contributed by atoms with Gasteiger partial charge in [0.1, 0.15) is 11.5 Å². The standard InChI is InChI=1S/C10H13N9O/c20-9(14-10-15-17-18-16-10)7-5-12-6-8(13-7)19-3-1-11-2-4-19/h5-6,11H,1-4H2,(H2,14,15,16,17,18,20). The highest BCUT2D eigenvalue weighted by atomic mass is 16.2. The van der Waals surface area contributed by atoms with E-state index in [9.17, 15) is 4.79 Å². The maximum Gasteiger partial charge on any atom is 0.278 e. The van der Waals surface area contributed by atoms with Crippen LogP contribution in [-0.4, -0.2) is 62.7 Å². The third kappa shape index (κ3) is 2.69. The Hall–Kier alpha value is -2.62. The molecule has 1 aliphatic heterocycles. The van der Waals surface area contributed by atoms with E-state index in [1.807, 2.05) is 0 Å². The van der Waals surface area contributed by atoms with Gasteiger partial charge in [-0.05, 0) is 5.21 Å². The second-order valence-corrected chi connectivity index (χ2v) is 4.19. The average molecular weight is 275 g/mol. The van der Waals surface area contributed by atoms with E-state index in [4.69, 9.17) is 0 Å². The summed E-state index contributed by atoms with van der Waals surface area (Å²) in [5.41, 5.74) is 0.214. The second kappa shape index (κ2) is 5.57. The first kappa shape index (κ1) is 12.4. The molecular formula is C10H13N9O. The number of H-pyrrole nitrogens is 1. The van der Waals surface area contributed by atoms with Crippen molar-refractivity contribution in [3.05, 3.63) is 18.1 Å². The van der Waals surface area contributed by atoms with Gasteiger partial charge < -0.3 is 10.2 Å². The summed E-state index contributed by atoms with van der Waals surface area (Å²) < 4.78 is 0. The molecule has 104 valence electrons. The maximum absolute atomic E-state index is 12.0. The number of piperazine rings is 1. The number of carbonyl (C=O) groups excluding carboxylic acids is 1. The van der Waals surface area contributed by atoms with E-state index in [1.165, 1.54) is 6.20 Å². The normalized spacial score (nSPS) is 15.1. The summed E-state index contributed by atoms with van der Waals surface area (Å²) in [6.45, 7) is 3.46. The molecule has 3 N–H and O–H groups in total. The molecule has 1 saturated heterocycles. The van der Waals surface area contributed by atoms with Gasteiger partial charge in [0.15, 0.2) is 0 Å². The minimum Gasteiger partial charge on any atom is -0.353 e. The van der Waals surface area contributed by atoms with Crippen LogP contribution in [0.25, 0.3) is 0 Å². The summed E-state index contributed by atoms with van der Waals surface area (Å²) in [4.78, 5) is 22.4. The first-order valence-corrected chi connectivity index (χ1v) is 6.15. The molecule has 3 heterocycles. The van der Waals surface area contributed by atoms with Crippen LogP contribution in [-0.2, 0) is 0 Å². The molecule has 0 radical (unpaired) electrons. The zero-order chi connectivity index (χ0) is 13.8. The van der Waals surface area contributed by atoms with Gasteiger partial charge in [-0.1, -0.05) is 5.10 Å². The first-order valence-electron chi connectivity index (χ1n) is 6.15. The largest absolute Gasteiger partial charge is 0.353 e. The van der Waals surface area contributed by atoms with E-state index < -0.39 is 5.91 Å². The van der Waals surface area contributed by atoms with Crippen LogP contribution in [0.5, 0.6) is 0 Å². The highest BCUT2D eigenvalue weighted by molar-refractivity contribution is 6.01. The summed E-state index contributed by atoms with van der Waals surface area (Å²) in [5, 5.41) is 18.6. The molecule has 0 aromatic carbocycles. The predicted molar refractivity (Wildman–Crippen MR) is 69.2 cm³/mol. The Balaban J connectivity index is 1.74. The molecule has 2 aromatic rings. The average Bonchev–Trinajstić information content (AvgIpc) is 3.01. The number of anilines is 2. The molecule has 10 nitrogen and oxygen atoms in total. The van der Waals surface area contributed by atoms with Crippen LogP contribution in [0.1, 0.15) is 10.5 Å². The number of aromatic amines is 1. The highest BCUT2D eigenvalue weighted by Crippen LogP contribution is 2.11. The van der Waals surface area contributed by atoms with Crippen molar-refractivity contribution < 1.29 is 4.79 Å². The number of hydrogen-bond donors (Lipinski definition) is 3. The molecule has 1 aliphatic rings. The van der Waals surface area contributed by atoms with Crippen LogP contribution in [0.15, 0.2) is 12.4 Å². The van der Waals surface area contributed by atoms with Gasteiger partial charge in [0.05, 0.1) is 12.4 Å². The topological polar surface area (TPSA) is 125 Å². The number of amides is 1. The van der Waals surface area contributed by atoms with Crippen molar-refractivity contribution in [1.82, 2.24) is 35.9 Å². The number of hydrogen-bond acceptors (Lipinski definition) is 8. The van der Waals surface area contributed by atoms with Gasteiger partial charge in [0.25, 0.3) is 11.9 Å². The maximum atomic E-state index is 12.0. The van der Waals surface area contributed by atoms with Crippen molar-refractivity contribution in [1.29, 1.82) is 0 Å². The van der Waals surface area contributed by atoms with Crippen molar-refractivity contribution in [2.45, 2.75) is 0 Å². The summed E-state index contributed by atoms with van der Waals surface area (Å²) in [5.74, 6) is 0.368. The molecule has 10 heteroatoms. The Morgan fingerprint density at radius 1 is 1.30 bits per heavy atom. The van der Waals surface area contributed by atoms with Gasteiger partial charge in [0, 0.05) is 26.2 Å². The van der Waals surface area contributed by atoms with E-state index >= 15 is 0 Å². The Bertz CT molecular complexity index is 578. The van der Waals surface area contributed by atoms with E-state index in [0.717, 1.165) is 26.2 Å². The lowest BCUT2D eigenvalue weighted by Crippen LogP contribution is -2.44. The SMILES string of the molecule is O=C(Nc1nn[nH]n1)c1cncc(N2CCNCC2)n1. The second-order valence-electron chi connectivity index (χ2n) is 4.19. The van der Waals surface area contributed by atoms with Crippen LogP contribution in [0.2, 0.25) is 0 Å². The molecule has 3 rings (SSSR count). The van der Waals surface area contributed by atoms with E-state index in [1.54, 1.807) is 6.20 Å². The lowest BCUT2D eigenvalue weighted by molar-refractivity contribution is 0.102. The van der Waals surface area contributed by atoms with Gasteiger partial charge in [-0.3, -0.25) is 15.1 Å². The number of rotatable bonds is 3. The van der Waals surface area contributed by atoms with Crippen LogP contribution >= 0.6 is 0 Å². The Morgan fingerprint density at radius 3 is 2.90 bits per heavy atom. The highest BCUT2D eigenvalue weighted by Gasteiger charge is 2.15. The fourth-order valence-corrected chi connectivity index (χ4v) is 1.89. The zero-order valence-electron chi connectivity index (χ0n) is 10.6. The number of tetrazole rings is 1.